The Labute approximate surface area is 63.9 Å². The maximum absolute atomic E-state index is 3.97. The standard InChI is InChI=1S/C8H18N2/c1-4-6-10(7-5-2)8-9-3/h8H,4-7H2,1-3H3/b9-8+. The van der Waals surface area contributed by atoms with Crippen molar-refractivity contribution in [2.24, 2.45) is 4.99 Å². The minimum atomic E-state index is 1.13. The lowest BCUT2D eigenvalue weighted by atomic mass is 10.4. The molecular formula is C8H18N2. The molecule has 0 amide bonds. The van der Waals surface area contributed by atoms with Crippen molar-refractivity contribution >= 4 is 6.34 Å². The Balaban J connectivity index is 3.50. The third-order valence-electron chi connectivity index (χ3n) is 1.30. The summed E-state index contributed by atoms with van der Waals surface area (Å²) in [6.07, 6.45) is 4.32. The van der Waals surface area contributed by atoms with E-state index in [0.29, 0.717) is 0 Å². The number of nitrogens with zero attached hydrogens (tertiary/aromatic N) is 2. The Kier molecular flexibility index (Phi) is 6.24. The van der Waals surface area contributed by atoms with Gasteiger partial charge in [0.25, 0.3) is 0 Å². The summed E-state index contributed by atoms with van der Waals surface area (Å²) in [4.78, 5) is 6.22. The van der Waals surface area contributed by atoms with E-state index in [2.05, 4.69) is 23.7 Å². The molecule has 0 heterocycles. The van der Waals surface area contributed by atoms with Gasteiger partial charge in [0.1, 0.15) is 0 Å². The zero-order chi connectivity index (χ0) is 7.82. The number of hydrogen-bond acceptors (Lipinski definition) is 1. The molecule has 0 aromatic rings. The second-order valence-electron chi connectivity index (χ2n) is 2.41. The molecule has 0 unspecified atom stereocenters. The summed E-state index contributed by atoms with van der Waals surface area (Å²) in [7, 11) is 1.82. The lowest BCUT2D eigenvalue weighted by Gasteiger charge is -2.16. The fourth-order valence-electron chi connectivity index (χ4n) is 0.965. The normalized spacial score (nSPS) is 10.7. The van der Waals surface area contributed by atoms with Gasteiger partial charge in [0.05, 0.1) is 6.34 Å². The molecule has 0 bridgehead atoms. The Morgan fingerprint density at radius 1 is 1.20 bits per heavy atom. The third kappa shape index (κ3) is 4.36. The molecule has 2 nitrogen and oxygen atoms in total. The summed E-state index contributed by atoms with van der Waals surface area (Å²) >= 11 is 0. The van der Waals surface area contributed by atoms with Crippen LogP contribution in [0.5, 0.6) is 0 Å². The maximum atomic E-state index is 3.97. The molecule has 0 atom stereocenters. The van der Waals surface area contributed by atoms with Gasteiger partial charge in [0.15, 0.2) is 0 Å². The van der Waals surface area contributed by atoms with Crippen LogP contribution in [0.2, 0.25) is 0 Å². The smallest absolute Gasteiger partial charge is 0.0846 e. The highest BCUT2D eigenvalue weighted by Gasteiger charge is 1.93. The molecule has 0 fully saturated rings. The van der Waals surface area contributed by atoms with Crippen LogP contribution in [0.1, 0.15) is 26.7 Å². The predicted molar refractivity (Wildman–Crippen MR) is 46.6 cm³/mol. The lowest BCUT2D eigenvalue weighted by Crippen LogP contribution is -2.23. The van der Waals surface area contributed by atoms with E-state index < -0.39 is 0 Å². The molecule has 0 rings (SSSR count). The summed E-state index contributed by atoms with van der Waals surface area (Å²) in [5, 5.41) is 0. The van der Waals surface area contributed by atoms with Crippen LogP contribution in [-0.4, -0.2) is 31.4 Å². The average Bonchev–Trinajstić information content (AvgIpc) is 1.90. The van der Waals surface area contributed by atoms with Crippen molar-refractivity contribution in [3.63, 3.8) is 0 Å². The fraction of sp³-hybridized carbons (Fsp3) is 0.875. The molecule has 0 aromatic heterocycles. The van der Waals surface area contributed by atoms with Crippen LogP contribution >= 0.6 is 0 Å². The van der Waals surface area contributed by atoms with Crippen LogP contribution in [0.25, 0.3) is 0 Å². The summed E-state index contributed by atoms with van der Waals surface area (Å²) in [6, 6.07) is 0. The summed E-state index contributed by atoms with van der Waals surface area (Å²) < 4.78 is 0. The molecule has 0 aliphatic rings. The van der Waals surface area contributed by atoms with E-state index in [4.69, 9.17) is 0 Å². The van der Waals surface area contributed by atoms with Crippen LogP contribution in [-0.2, 0) is 0 Å². The van der Waals surface area contributed by atoms with E-state index in [0.717, 1.165) is 13.1 Å². The predicted octanol–water partition coefficient (Wildman–Crippen LogP) is 1.77. The second-order valence-corrected chi connectivity index (χ2v) is 2.41. The minimum Gasteiger partial charge on any atom is -0.363 e. The van der Waals surface area contributed by atoms with E-state index in [-0.39, 0.29) is 0 Å². The average molecular weight is 142 g/mol. The number of aliphatic imine (C=N–C) groups is 1. The monoisotopic (exact) mass is 142 g/mol. The van der Waals surface area contributed by atoms with Crippen LogP contribution in [0.15, 0.2) is 4.99 Å². The summed E-state index contributed by atoms with van der Waals surface area (Å²) in [5.74, 6) is 0. The molecule has 2 heteroatoms. The largest absolute Gasteiger partial charge is 0.363 e. The van der Waals surface area contributed by atoms with Gasteiger partial charge in [0.2, 0.25) is 0 Å². The van der Waals surface area contributed by atoms with Crippen molar-refractivity contribution in [3.05, 3.63) is 0 Å². The lowest BCUT2D eigenvalue weighted by molar-refractivity contribution is 0.428. The third-order valence-corrected chi connectivity index (χ3v) is 1.30. The van der Waals surface area contributed by atoms with Crippen molar-refractivity contribution < 1.29 is 0 Å². The van der Waals surface area contributed by atoms with E-state index in [1.807, 2.05) is 13.4 Å². The topological polar surface area (TPSA) is 15.6 Å². The van der Waals surface area contributed by atoms with E-state index in [1.165, 1.54) is 12.8 Å². The zero-order valence-electron chi connectivity index (χ0n) is 7.30. The SMILES string of the molecule is CCCN(/C=N/C)CCC. The van der Waals surface area contributed by atoms with E-state index in [1.54, 1.807) is 0 Å². The van der Waals surface area contributed by atoms with E-state index in [9.17, 15) is 0 Å². The fourth-order valence-corrected chi connectivity index (χ4v) is 0.965. The maximum Gasteiger partial charge on any atom is 0.0846 e. The molecule has 0 saturated heterocycles. The van der Waals surface area contributed by atoms with Gasteiger partial charge in [0, 0.05) is 20.1 Å². The van der Waals surface area contributed by atoms with Crippen molar-refractivity contribution in [2.75, 3.05) is 20.1 Å². The molecule has 60 valence electrons. The second kappa shape index (κ2) is 6.59. The highest BCUT2D eigenvalue weighted by molar-refractivity contribution is 5.54. The Morgan fingerprint density at radius 3 is 2.00 bits per heavy atom. The molecule has 0 aromatic carbocycles. The van der Waals surface area contributed by atoms with Gasteiger partial charge in [-0.05, 0) is 12.8 Å². The molecule has 0 N–H and O–H groups in total. The molecule has 0 saturated carbocycles. The highest BCUT2D eigenvalue weighted by atomic mass is 15.1. The quantitative estimate of drug-likeness (QED) is 0.422. The molecule has 0 spiro atoms. The Morgan fingerprint density at radius 2 is 1.70 bits per heavy atom. The molecule has 0 aliphatic heterocycles. The van der Waals surface area contributed by atoms with E-state index >= 15 is 0 Å². The first-order valence-electron chi connectivity index (χ1n) is 4.01. The summed E-state index contributed by atoms with van der Waals surface area (Å²) in [5.41, 5.74) is 0. The zero-order valence-corrected chi connectivity index (χ0v) is 7.30. The highest BCUT2D eigenvalue weighted by Crippen LogP contribution is 1.89. The van der Waals surface area contributed by atoms with Crippen molar-refractivity contribution in [1.82, 2.24) is 4.90 Å². The Hall–Kier alpha value is -0.530. The van der Waals surface area contributed by atoms with Crippen LogP contribution in [0.3, 0.4) is 0 Å². The van der Waals surface area contributed by atoms with Gasteiger partial charge >= 0.3 is 0 Å². The number of hydrogen-bond donors (Lipinski definition) is 0. The first kappa shape index (κ1) is 9.47. The molecule has 0 radical (unpaired) electrons. The van der Waals surface area contributed by atoms with Crippen molar-refractivity contribution in [2.45, 2.75) is 26.7 Å². The number of rotatable bonds is 5. The molecular weight excluding hydrogens is 124 g/mol. The van der Waals surface area contributed by atoms with Gasteiger partial charge in [-0.2, -0.15) is 0 Å². The van der Waals surface area contributed by atoms with Gasteiger partial charge in [-0.3, -0.25) is 4.99 Å². The van der Waals surface area contributed by atoms with Gasteiger partial charge in [-0.25, -0.2) is 0 Å². The van der Waals surface area contributed by atoms with Crippen molar-refractivity contribution in [1.29, 1.82) is 0 Å². The minimum absolute atomic E-state index is 1.13. The van der Waals surface area contributed by atoms with Crippen molar-refractivity contribution in [3.8, 4) is 0 Å². The van der Waals surface area contributed by atoms with Gasteiger partial charge in [-0.1, -0.05) is 13.8 Å². The first-order chi connectivity index (χ1) is 4.85. The summed E-state index contributed by atoms with van der Waals surface area (Å²) in [6.45, 7) is 6.63. The first-order valence-corrected chi connectivity index (χ1v) is 4.01. The Bertz CT molecular complexity index is 83.3. The molecule has 0 aliphatic carbocycles. The molecule has 10 heavy (non-hydrogen) atoms. The van der Waals surface area contributed by atoms with Crippen LogP contribution < -0.4 is 0 Å². The van der Waals surface area contributed by atoms with Crippen LogP contribution in [0.4, 0.5) is 0 Å². The van der Waals surface area contributed by atoms with Crippen LogP contribution in [0, 0.1) is 0 Å². The van der Waals surface area contributed by atoms with Gasteiger partial charge in [-0.15, -0.1) is 0 Å². The van der Waals surface area contributed by atoms with Gasteiger partial charge < -0.3 is 4.90 Å².